The van der Waals surface area contributed by atoms with Gasteiger partial charge < -0.3 is 9.64 Å². The quantitative estimate of drug-likeness (QED) is 0.853. The molecule has 3 rings (SSSR count). The number of benzene rings is 1. The van der Waals surface area contributed by atoms with Crippen LogP contribution in [0.15, 0.2) is 42.7 Å². The Morgan fingerprint density at radius 3 is 2.74 bits per heavy atom. The number of carbonyl (C=O) groups excluding carboxylic acids is 1. The van der Waals surface area contributed by atoms with E-state index in [1.165, 1.54) is 0 Å². The SMILES string of the molecule is CCOc1ccccc1C(=O)N1CCC(Cn2cccn2)CC1. The lowest BCUT2D eigenvalue weighted by Gasteiger charge is -2.32. The second-order valence-electron chi connectivity index (χ2n) is 5.89. The number of para-hydroxylation sites is 1. The molecule has 0 atom stereocenters. The Morgan fingerprint density at radius 2 is 2.04 bits per heavy atom. The monoisotopic (exact) mass is 313 g/mol. The number of hydrogen-bond acceptors (Lipinski definition) is 3. The Balaban J connectivity index is 1.60. The smallest absolute Gasteiger partial charge is 0.257 e. The maximum Gasteiger partial charge on any atom is 0.257 e. The fraction of sp³-hybridized carbons (Fsp3) is 0.444. The summed E-state index contributed by atoms with van der Waals surface area (Å²) in [5.74, 6) is 1.34. The topological polar surface area (TPSA) is 47.4 Å². The molecular weight excluding hydrogens is 290 g/mol. The van der Waals surface area contributed by atoms with Crippen molar-refractivity contribution in [3.8, 4) is 5.75 Å². The zero-order chi connectivity index (χ0) is 16.1. The molecule has 5 nitrogen and oxygen atoms in total. The summed E-state index contributed by atoms with van der Waals surface area (Å²) in [6.45, 7) is 5.03. The summed E-state index contributed by atoms with van der Waals surface area (Å²) in [5, 5.41) is 4.26. The minimum Gasteiger partial charge on any atom is -0.493 e. The lowest BCUT2D eigenvalue weighted by atomic mass is 9.96. The molecule has 1 aromatic carbocycles. The summed E-state index contributed by atoms with van der Waals surface area (Å²) < 4.78 is 7.56. The van der Waals surface area contributed by atoms with Crippen LogP contribution >= 0.6 is 0 Å². The van der Waals surface area contributed by atoms with Gasteiger partial charge in [-0.1, -0.05) is 12.1 Å². The van der Waals surface area contributed by atoms with Gasteiger partial charge in [0.25, 0.3) is 5.91 Å². The molecule has 2 aromatic rings. The van der Waals surface area contributed by atoms with Gasteiger partial charge >= 0.3 is 0 Å². The zero-order valence-electron chi connectivity index (χ0n) is 13.5. The van der Waals surface area contributed by atoms with Crippen LogP contribution in [-0.2, 0) is 6.54 Å². The number of nitrogens with zero attached hydrogens (tertiary/aromatic N) is 3. The average Bonchev–Trinajstić information content (AvgIpc) is 3.09. The van der Waals surface area contributed by atoms with Gasteiger partial charge in [-0.15, -0.1) is 0 Å². The maximum atomic E-state index is 12.7. The normalized spacial score (nSPS) is 15.6. The highest BCUT2D eigenvalue weighted by atomic mass is 16.5. The van der Waals surface area contributed by atoms with Gasteiger partial charge in [0, 0.05) is 32.0 Å². The van der Waals surface area contributed by atoms with E-state index in [-0.39, 0.29) is 5.91 Å². The van der Waals surface area contributed by atoms with E-state index < -0.39 is 0 Å². The van der Waals surface area contributed by atoms with Crippen molar-refractivity contribution in [2.45, 2.75) is 26.3 Å². The predicted octanol–water partition coefficient (Wildman–Crippen LogP) is 2.83. The zero-order valence-corrected chi connectivity index (χ0v) is 13.5. The molecule has 0 bridgehead atoms. The maximum absolute atomic E-state index is 12.7. The third-order valence-electron chi connectivity index (χ3n) is 4.32. The van der Waals surface area contributed by atoms with Gasteiger partial charge in [0.1, 0.15) is 5.75 Å². The van der Waals surface area contributed by atoms with Crippen LogP contribution in [0.1, 0.15) is 30.1 Å². The molecule has 0 spiro atoms. The van der Waals surface area contributed by atoms with E-state index in [2.05, 4.69) is 5.10 Å². The van der Waals surface area contributed by atoms with Crippen molar-refractivity contribution in [2.75, 3.05) is 19.7 Å². The molecule has 5 heteroatoms. The average molecular weight is 313 g/mol. The summed E-state index contributed by atoms with van der Waals surface area (Å²) in [6, 6.07) is 9.45. The van der Waals surface area contributed by atoms with Crippen LogP contribution in [0, 0.1) is 5.92 Å². The van der Waals surface area contributed by atoms with Crippen molar-refractivity contribution < 1.29 is 9.53 Å². The first-order valence-electron chi connectivity index (χ1n) is 8.26. The predicted molar refractivity (Wildman–Crippen MR) is 88.5 cm³/mol. The molecule has 0 radical (unpaired) electrons. The van der Waals surface area contributed by atoms with Crippen molar-refractivity contribution >= 4 is 5.91 Å². The Labute approximate surface area is 136 Å². The van der Waals surface area contributed by atoms with E-state index in [0.29, 0.717) is 23.8 Å². The minimum absolute atomic E-state index is 0.0755. The number of piperidine rings is 1. The Bertz CT molecular complexity index is 631. The van der Waals surface area contributed by atoms with Crippen LogP contribution in [0.5, 0.6) is 5.75 Å². The van der Waals surface area contributed by atoms with Crippen molar-refractivity contribution in [1.82, 2.24) is 14.7 Å². The fourth-order valence-electron chi connectivity index (χ4n) is 3.09. The van der Waals surface area contributed by atoms with Gasteiger partial charge in [0.05, 0.1) is 12.2 Å². The molecule has 0 N–H and O–H groups in total. The first-order chi connectivity index (χ1) is 11.3. The first kappa shape index (κ1) is 15.6. The van der Waals surface area contributed by atoms with Gasteiger partial charge in [0.2, 0.25) is 0 Å². The highest BCUT2D eigenvalue weighted by Gasteiger charge is 2.25. The number of likely N-dealkylation sites (tertiary alicyclic amines) is 1. The summed E-state index contributed by atoms with van der Waals surface area (Å²) in [5.41, 5.74) is 0.667. The number of amides is 1. The Morgan fingerprint density at radius 1 is 1.26 bits per heavy atom. The van der Waals surface area contributed by atoms with E-state index >= 15 is 0 Å². The summed E-state index contributed by atoms with van der Waals surface area (Å²) >= 11 is 0. The van der Waals surface area contributed by atoms with E-state index in [9.17, 15) is 4.79 Å². The molecular formula is C18H23N3O2. The molecule has 1 aliphatic heterocycles. The molecule has 1 aliphatic rings. The molecule has 1 saturated heterocycles. The lowest BCUT2D eigenvalue weighted by Crippen LogP contribution is -2.39. The van der Waals surface area contributed by atoms with Crippen LogP contribution in [0.3, 0.4) is 0 Å². The first-order valence-corrected chi connectivity index (χ1v) is 8.26. The highest BCUT2D eigenvalue weighted by molar-refractivity contribution is 5.97. The largest absolute Gasteiger partial charge is 0.493 e. The van der Waals surface area contributed by atoms with Gasteiger partial charge in [-0.25, -0.2) is 0 Å². The van der Waals surface area contributed by atoms with Crippen molar-refractivity contribution in [1.29, 1.82) is 0 Å². The third kappa shape index (κ3) is 3.73. The number of hydrogen-bond donors (Lipinski definition) is 0. The van der Waals surface area contributed by atoms with E-state index in [0.717, 1.165) is 32.5 Å². The van der Waals surface area contributed by atoms with Gasteiger partial charge in [0.15, 0.2) is 0 Å². The molecule has 2 heterocycles. The van der Waals surface area contributed by atoms with Gasteiger partial charge in [-0.05, 0) is 43.9 Å². The van der Waals surface area contributed by atoms with Crippen LogP contribution < -0.4 is 4.74 Å². The number of rotatable bonds is 5. The molecule has 0 aliphatic carbocycles. The fourth-order valence-corrected chi connectivity index (χ4v) is 3.09. The van der Waals surface area contributed by atoms with Crippen molar-refractivity contribution in [2.24, 2.45) is 5.92 Å². The van der Waals surface area contributed by atoms with Crippen molar-refractivity contribution in [3.05, 3.63) is 48.3 Å². The Hall–Kier alpha value is -2.30. The molecule has 1 amide bonds. The summed E-state index contributed by atoms with van der Waals surface area (Å²) in [7, 11) is 0. The standard InChI is InChI=1S/C18H23N3O2/c1-2-23-17-7-4-3-6-16(17)18(22)20-12-8-15(9-13-20)14-21-11-5-10-19-21/h3-7,10-11,15H,2,8-9,12-14H2,1H3. The Kier molecular flexibility index (Phi) is 4.95. The highest BCUT2D eigenvalue weighted by Crippen LogP contribution is 2.24. The second-order valence-corrected chi connectivity index (χ2v) is 5.89. The molecule has 23 heavy (non-hydrogen) atoms. The second kappa shape index (κ2) is 7.31. The molecule has 0 unspecified atom stereocenters. The number of aromatic nitrogens is 2. The summed E-state index contributed by atoms with van der Waals surface area (Å²) in [4.78, 5) is 14.7. The van der Waals surface area contributed by atoms with E-state index in [1.807, 2.05) is 59.2 Å². The van der Waals surface area contributed by atoms with E-state index in [4.69, 9.17) is 4.74 Å². The number of ether oxygens (including phenoxy) is 1. The van der Waals surface area contributed by atoms with Crippen LogP contribution in [0.2, 0.25) is 0 Å². The number of carbonyl (C=O) groups is 1. The van der Waals surface area contributed by atoms with Crippen LogP contribution in [-0.4, -0.2) is 40.3 Å². The van der Waals surface area contributed by atoms with Crippen LogP contribution in [0.25, 0.3) is 0 Å². The van der Waals surface area contributed by atoms with Crippen molar-refractivity contribution in [3.63, 3.8) is 0 Å². The molecule has 1 fully saturated rings. The molecule has 122 valence electrons. The van der Waals surface area contributed by atoms with E-state index in [1.54, 1.807) is 0 Å². The van der Waals surface area contributed by atoms with Gasteiger partial charge in [-0.2, -0.15) is 5.10 Å². The molecule has 0 saturated carbocycles. The molecule has 1 aromatic heterocycles. The minimum atomic E-state index is 0.0755. The van der Waals surface area contributed by atoms with Gasteiger partial charge in [-0.3, -0.25) is 9.48 Å². The lowest BCUT2D eigenvalue weighted by molar-refractivity contribution is 0.0677. The summed E-state index contributed by atoms with van der Waals surface area (Å²) in [6.07, 6.45) is 5.84. The van der Waals surface area contributed by atoms with Crippen LogP contribution in [0.4, 0.5) is 0 Å². The third-order valence-corrected chi connectivity index (χ3v) is 4.32.